The summed E-state index contributed by atoms with van der Waals surface area (Å²) in [4.78, 5) is 35.0. The third-order valence-electron chi connectivity index (χ3n) is 6.77. The lowest BCUT2D eigenvalue weighted by Crippen LogP contribution is -2.63. The van der Waals surface area contributed by atoms with E-state index in [1.165, 1.54) is 20.8 Å². The van der Waals surface area contributed by atoms with Crippen LogP contribution < -0.4 is 10.1 Å². The Labute approximate surface area is 227 Å². The van der Waals surface area contributed by atoms with Crippen molar-refractivity contribution < 1.29 is 53.0 Å². The molecule has 0 saturated carbocycles. The Morgan fingerprint density at radius 3 is 1.92 bits per heavy atom. The molecule has 3 rings (SSSR count). The highest BCUT2D eigenvalue weighted by Crippen LogP contribution is 2.36. The van der Waals surface area contributed by atoms with Crippen molar-refractivity contribution in [3.8, 4) is 5.75 Å². The molecule has 10 atom stereocenters. The Hall–Kier alpha value is -2.77. The van der Waals surface area contributed by atoms with Crippen LogP contribution in [-0.2, 0) is 38.1 Å². The third-order valence-corrected chi connectivity index (χ3v) is 6.77. The van der Waals surface area contributed by atoms with E-state index < -0.39 is 67.2 Å². The second kappa shape index (κ2) is 13.5. The van der Waals surface area contributed by atoms with Crippen molar-refractivity contribution in [1.82, 2.24) is 0 Å². The van der Waals surface area contributed by atoms with Gasteiger partial charge in [0.2, 0.25) is 12.2 Å². The molecule has 0 aliphatic carbocycles. The molecule has 2 saturated heterocycles. The van der Waals surface area contributed by atoms with Gasteiger partial charge in [-0.05, 0) is 37.1 Å². The summed E-state index contributed by atoms with van der Waals surface area (Å²) < 4.78 is 35.0. The number of rotatable bonds is 9. The van der Waals surface area contributed by atoms with Gasteiger partial charge < -0.3 is 44.0 Å². The van der Waals surface area contributed by atoms with Crippen LogP contribution in [0.3, 0.4) is 0 Å². The highest BCUT2D eigenvalue weighted by molar-refractivity contribution is 5.88. The fraction of sp³-hybridized carbons (Fsp3) is 0.667. The number of hydrogen-bond donors (Lipinski definition) is 3. The van der Waals surface area contributed by atoms with Gasteiger partial charge >= 0.3 is 11.9 Å². The molecule has 0 spiro atoms. The number of aliphatic hydroxyl groups is 2. The lowest BCUT2D eigenvalue weighted by molar-refractivity contribution is -0.345. The molecule has 1 unspecified atom stereocenters. The van der Waals surface area contributed by atoms with Gasteiger partial charge in [0, 0.05) is 32.4 Å². The molecule has 0 bridgehead atoms. The molecule has 2 heterocycles. The predicted octanol–water partition coefficient (Wildman–Crippen LogP) is 1.90. The van der Waals surface area contributed by atoms with Crippen LogP contribution in [0, 0.1) is 5.92 Å². The molecule has 1 amide bonds. The van der Waals surface area contributed by atoms with Gasteiger partial charge in [-0.25, -0.2) is 0 Å². The van der Waals surface area contributed by atoms with Crippen LogP contribution in [-0.4, -0.2) is 83.4 Å². The van der Waals surface area contributed by atoms with E-state index in [0.717, 1.165) is 0 Å². The Morgan fingerprint density at radius 1 is 0.821 bits per heavy atom. The van der Waals surface area contributed by atoms with Gasteiger partial charge in [-0.1, -0.05) is 20.8 Å². The minimum atomic E-state index is -1.51. The molecular formula is C27H39NO11. The lowest BCUT2D eigenvalue weighted by Gasteiger charge is -2.47. The van der Waals surface area contributed by atoms with Crippen LogP contribution in [0.4, 0.5) is 5.69 Å². The van der Waals surface area contributed by atoms with E-state index in [9.17, 15) is 24.6 Å². The van der Waals surface area contributed by atoms with Gasteiger partial charge in [0.15, 0.2) is 12.4 Å². The molecular weight excluding hydrogens is 514 g/mol. The second-order valence-electron chi connectivity index (χ2n) is 9.81. The Balaban J connectivity index is 1.78. The van der Waals surface area contributed by atoms with E-state index in [0.29, 0.717) is 24.3 Å². The first-order valence-corrected chi connectivity index (χ1v) is 13.2. The molecule has 1 aromatic carbocycles. The molecule has 3 N–H and O–H groups in total. The van der Waals surface area contributed by atoms with Crippen molar-refractivity contribution in [3.05, 3.63) is 24.3 Å². The smallest absolute Gasteiger partial charge is 0.303 e. The molecule has 218 valence electrons. The Morgan fingerprint density at radius 2 is 1.38 bits per heavy atom. The second-order valence-corrected chi connectivity index (χ2v) is 9.81. The quantitative estimate of drug-likeness (QED) is 0.383. The topological polar surface area (TPSA) is 159 Å². The number of carbonyl (C=O) groups is 3. The van der Waals surface area contributed by atoms with Crippen LogP contribution >= 0.6 is 0 Å². The zero-order valence-corrected chi connectivity index (χ0v) is 23.1. The fourth-order valence-corrected chi connectivity index (χ4v) is 4.91. The minimum Gasteiger partial charge on any atom is -0.462 e. The summed E-state index contributed by atoms with van der Waals surface area (Å²) >= 11 is 0. The lowest BCUT2D eigenvalue weighted by atomic mass is 9.88. The standard InChI is InChI=1S/C27H39NO11/c1-7-19-13(3)23(34-15(5)30)25(35-16(6)31)27(37-19)39-24-20(8-2)38-26(22(33)21(24)32)36-18-11-9-17(10-12-18)28-14(4)29/h9-13,19-27,32-33H,7-8H2,1-6H3,(H,28,29)/t13-,19-,20-,21-,22+,23+,24-,25-,26+,27?/m1/s1. The summed E-state index contributed by atoms with van der Waals surface area (Å²) in [6.07, 6.45) is -8.62. The van der Waals surface area contributed by atoms with Gasteiger partial charge in [-0.3, -0.25) is 14.4 Å². The maximum absolute atomic E-state index is 11.9. The number of nitrogens with one attached hydrogen (secondary N) is 1. The normalized spacial score (nSPS) is 34.6. The van der Waals surface area contributed by atoms with Crippen molar-refractivity contribution in [2.45, 2.75) is 110 Å². The molecule has 2 aliphatic heterocycles. The first kappa shape index (κ1) is 30.8. The van der Waals surface area contributed by atoms with E-state index in [1.807, 2.05) is 20.8 Å². The Kier molecular flexibility index (Phi) is 10.7. The molecule has 0 radical (unpaired) electrons. The number of carbonyl (C=O) groups excluding carboxylic acids is 3. The Bertz CT molecular complexity index is 984. The van der Waals surface area contributed by atoms with E-state index >= 15 is 0 Å². The van der Waals surface area contributed by atoms with Gasteiger partial charge in [-0.2, -0.15) is 0 Å². The van der Waals surface area contributed by atoms with Crippen molar-refractivity contribution >= 4 is 23.5 Å². The minimum absolute atomic E-state index is 0.216. The van der Waals surface area contributed by atoms with Crippen LogP contribution in [0.15, 0.2) is 24.3 Å². The maximum Gasteiger partial charge on any atom is 0.303 e. The van der Waals surface area contributed by atoms with Crippen molar-refractivity contribution in [2.24, 2.45) is 5.92 Å². The first-order chi connectivity index (χ1) is 18.4. The zero-order valence-electron chi connectivity index (χ0n) is 23.1. The SMILES string of the molecule is CC[C@H]1OC(O[C@H]2[C@H](O)[C@H](O)[C@@H](Oc3ccc(NC(C)=O)cc3)O[C@@H]2CC)[C@H](OC(C)=O)[C@@H](OC(C)=O)[C@@H]1C. The number of hydrogen-bond acceptors (Lipinski definition) is 11. The van der Waals surface area contributed by atoms with E-state index in [4.69, 9.17) is 28.4 Å². The number of amides is 1. The number of aliphatic hydroxyl groups excluding tert-OH is 2. The number of ether oxygens (including phenoxy) is 6. The van der Waals surface area contributed by atoms with E-state index in [-0.39, 0.29) is 11.8 Å². The highest BCUT2D eigenvalue weighted by Gasteiger charge is 2.52. The number of esters is 2. The molecule has 39 heavy (non-hydrogen) atoms. The van der Waals surface area contributed by atoms with Gasteiger partial charge in [0.05, 0.1) is 12.2 Å². The largest absolute Gasteiger partial charge is 0.462 e. The monoisotopic (exact) mass is 553 g/mol. The number of benzene rings is 1. The van der Waals surface area contributed by atoms with Crippen LogP contribution in [0.5, 0.6) is 5.75 Å². The third kappa shape index (κ3) is 7.67. The van der Waals surface area contributed by atoms with E-state index in [1.54, 1.807) is 24.3 Å². The fourth-order valence-electron chi connectivity index (χ4n) is 4.91. The molecule has 12 heteroatoms. The van der Waals surface area contributed by atoms with Crippen molar-refractivity contribution in [3.63, 3.8) is 0 Å². The summed E-state index contributed by atoms with van der Waals surface area (Å²) in [5.41, 5.74) is 0.571. The molecule has 1 aromatic rings. The summed E-state index contributed by atoms with van der Waals surface area (Å²) in [5.74, 6) is -1.34. The average molecular weight is 554 g/mol. The van der Waals surface area contributed by atoms with Crippen LogP contribution in [0.1, 0.15) is 54.4 Å². The summed E-state index contributed by atoms with van der Waals surface area (Å²) in [6.45, 7) is 9.43. The zero-order chi connectivity index (χ0) is 28.9. The predicted molar refractivity (Wildman–Crippen MR) is 136 cm³/mol. The van der Waals surface area contributed by atoms with Crippen molar-refractivity contribution in [1.29, 1.82) is 0 Å². The summed E-state index contributed by atoms with van der Waals surface area (Å²) in [7, 11) is 0. The number of anilines is 1. The molecule has 2 aliphatic rings. The van der Waals surface area contributed by atoms with Crippen LogP contribution in [0.25, 0.3) is 0 Å². The summed E-state index contributed by atoms with van der Waals surface area (Å²) in [6, 6.07) is 6.45. The van der Waals surface area contributed by atoms with Gasteiger partial charge in [0.25, 0.3) is 0 Å². The summed E-state index contributed by atoms with van der Waals surface area (Å²) in [5, 5.41) is 24.6. The van der Waals surface area contributed by atoms with Gasteiger partial charge in [-0.15, -0.1) is 0 Å². The maximum atomic E-state index is 11.9. The molecule has 12 nitrogen and oxygen atoms in total. The highest BCUT2D eigenvalue weighted by atomic mass is 16.7. The first-order valence-electron chi connectivity index (χ1n) is 13.2. The molecule has 2 fully saturated rings. The average Bonchev–Trinajstić information content (AvgIpc) is 2.87. The van der Waals surface area contributed by atoms with Crippen molar-refractivity contribution in [2.75, 3.05) is 5.32 Å². The van der Waals surface area contributed by atoms with E-state index in [2.05, 4.69) is 5.32 Å². The molecule has 0 aromatic heterocycles. The van der Waals surface area contributed by atoms with Gasteiger partial charge in [0.1, 0.15) is 30.2 Å². The van der Waals surface area contributed by atoms with Crippen LogP contribution in [0.2, 0.25) is 0 Å².